The lowest BCUT2D eigenvalue weighted by Crippen LogP contribution is -2.28. The SMILES string of the molecule is CCC(=O)NC[C@H](c1ccccc1)c1c(-c2ccccc2)[nH]c2ccccc12. The third-order valence-electron chi connectivity index (χ3n) is 5.18. The van der Waals surface area contributed by atoms with Gasteiger partial charge >= 0.3 is 0 Å². The van der Waals surface area contributed by atoms with E-state index in [9.17, 15) is 4.79 Å². The zero-order valence-electron chi connectivity index (χ0n) is 16.0. The van der Waals surface area contributed by atoms with Crippen LogP contribution in [0.15, 0.2) is 84.9 Å². The summed E-state index contributed by atoms with van der Waals surface area (Å²) in [5.74, 6) is 0.130. The van der Waals surface area contributed by atoms with Crippen molar-refractivity contribution in [3.63, 3.8) is 0 Å². The maximum absolute atomic E-state index is 12.0. The van der Waals surface area contributed by atoms with Crippen molar-refractivity contribution < 1.29 is 4.79 Å². The monoisotopic (exact) mass is 368 g/mol. The zero-order valence-corrected chi connectivity index (χ0v) is 16.0. The molecule has 0 bridgehead atoms. The smallest absolute Gasteiger partial charge is 0.219 e. The van der Waals surface area contributed by atoms with Gasteiger partial charge in [0.05, 0.1) is 5.69 Å². The lowest BCUT2D eigenvalue weighted by Gasteiger charge is -2.20. The summed E-state index contributed by atoms with van der Waals surface area (Å²) in [6, 6.07) is 29.2. The number of nitrogens with one attached hydrogen (secondary N) is 2. The molecule has 0 saturated heterocycles. The average Bonchev–Trinajstić information content (AvgIpc) is 3.15. The highest BCUT2D eigenvalue weighted by atomic mass is 16.1. The van der Waals surface area contributed by atoms with E-state index in [1.54, 1.807) is 0 Å². The third-order valence-corrected chi connectivity index (χ3v) is 5.18. The van der Waals surface area contributed by atoms with Crippen LogP contribution in [-0.2, 0) is 4.79 Å². The summed E-state index contributed by atoms with van der Waals surface area (Å²) >= 11 is 0. The van der Waals surface area contributed by atoms with Gasteiger partial charge in [-0.1, -0.05) is 85.8 Å². The Bertz CT molecular complexity index is 1070. The van der Waals surface area contributed by atoms with Crippen LogP contribution in [0.4, 0.5) is 0 Å². The van der Waals surface area contributed by atoms with Crippen molar-refractivity contribution in [3.05, 3.63) is 96.1 Å². The van der Waals surface area contributed by atoms with Crippen molar-refractivity contribution >= 4 is 16.8 Å². The summed E-state index contributed by atoms with van der Waals surface area (Å²) in [7, 11) is 0. The van der Waals surface area contributed by atoms with Crippen molar-refractivity contribution in [3.8, 4) is 11.3 Å². The molecule has 0 aliphatic rings. The molecule has 0 aliphatic heterocycles. The number of hydrogen-bond acceptors (Lipinski definition) is 1. The van der Waals surface area contributed by atoms with Gasteiger partial charge in [0.25, 0.3) is 0 Å². The first kappa shape index (κ1) is 18.1. The Kier molecular flexibility index (Phi) is 5.24. The first-order valence-corrected chi connectivity index (χ1v) is 9.75. The fourth-order valence-electron chi connectivity index (χ4n) is 3.77. The Morgan fingerprint density at radius 1 is 0.893 bits per heavy atom. The van der Waals surface area contributed by atoms with E-state index in [1.807, 2.05) is 25.1 Å². The number of benzene rings is 3. The van der Waals surface area contributed by atoms with Crippen molar-refractivity contribution in [2.75, 3.05) is 6.54 Å². The summed E-state index contributed by atoms with van der Waals surface area (Å²) in [6.45, 7) is 2.45. The highest BCUT2D eigenvalue weighted by Crippen LogP contribution is 2.38. The zero-order chi connectivity index (χ0) is 19.3. The molecule has 0 radical (unpaired) electrons. The van der Waals surface area contributed by atoms with E-state index in [0.717, 1.165) is 16.8 Å². The van der Waals surface area contributed by atoms with Crippen LogP contribution in [0.1, 0.15) is 30.4 Å². The molecule has 0 unspecified atom stereocenters. The molecule has 1 amide bonds. The number of H-pyrrole nitrogens is 1. The van der Waals surface area contributed by atoms with Crippen LogP contribution in [-0.4, -0.2) is 17.4 Å². The van der Waals surface area contributed by atoms with Gasteiger partial charge in [0.1, 0.15) is 0 Å². The molecule has 4 rings (SSSR count). The second kappa shape index (κ2) is 8.13. The number of carbonyl (C=O) groups excluding carboxylic acids is 1. The summed E-state index contributed by atoms with van der Waals surface area (Å²) in [5.41, 5.74) is 5.79. The number of amides is 1. The quantitative estimate of drug-likeness (QED) is 0.464. The van der Waals surface area contributed by atoms with E-state index < -0.39 is 0 Å². The Morgan fingerprint density at radius 2 is 1.54 bits per heavy atom. The van der Waals surface area contributed by atoms with E-state index in [2.05, 4.69) is 77.0 Å². The number of hydrogen-bond donors (Lipinski definition) is 2. The van der Waals surface area contributed by atoms with Crippen LogP contribution >= 0.6 is 0 Å². The fraction of sp³-hybridized carbons (Fsp3) is 0.160. The van der Waals surface area contributed by atoms with Gasteiger partial charge in [-0.2, -0.15) is 0 Å². The molecule has 0 saturated carbocycles. The molecule has 4 aromatic rings. The number of aromatic nitrogens is 1. The van der Waals surface area contributed by atoms with Gasteiger partial charge in [0, 0.05) is 29.8 Å². The number of rotatable bonds is 6. The molecule has 3 aromatic carbocycles. The number of fused-ring (bicyclic) bond motifs is 1. The predicted octanol–water partition coefficient (Wildman–Crippen LogP) is 5.49. The van der Waals surface area contributed by atoms with Crippen molar-refractivity contribution in [1.82, 2.24) is 10.3 Å². The first-order valence-electron chi connectivity index (χ1n) is 9.75. The number of para-hydroxylation sites is 1. The Morgan fingerprint density at radius 3 is 2.25 bits per heavy atom. The lowest BCUT2D eigenvalue weighted by atomic mass is 9.87. The molecule has 0 fully saturated rings. The molecular formula is C25H24N2O. The minimum absolute atomic E-state index is 0.0584. The van der Waals surface area contributed by atoms with Gasteiger partial charge in [-0.05, 0) is 22.8 Å². The van der Waals surface area contributed by atoms with Gasteiger partial charge in [0.15, 0.2) is 0 Å². The summed E-state index contributed by atoms with van der Waals surface area (Å²) in [4.78, 5) is 15.6. The van der Waals surface area contributed by atoms with Crippen molar-refractivity contribution in [2.24, 2.45) is 0 Å². The summed E-state index contributed by atoms with van der Waals surface area (Å²) in [6.07, 6.45) is 0.487. The van der Waals surface area contributed by atoms with Crippen LogP contribution in [0.3, 0.4) is 0 Å². The summed E-state index contributed by atoms with van der Waals surface area (Å²) in [5, 5.41) is 4.31. The van der Waals surface area contributed by atoms with Gasteiger partial charge in [0.2, 0.25) is 5.91 Å². The van der Waals surface area contributed by atoms with Gasteiger partial charge < -0.3 is 10.3 Å². The molecule has 2 N–H and O–H groups in total. The Labute approximate surface area is 165 Å². The Balaban J connectivity index is 1.90. The van der Waals surface area contributed by atoms with Crippen LogP contribution in [0.5, 0.6) is 0 Å². The standard InChI is InChI=1S/C25H24N2O/c1-2-23(28)26-17-21(18-11-5-3-6-12-18)24-20-15-9-10-16-22(20)27-25(24)19-13-7-4-8-14-19/h3-16,21,27H,2,17H2,1H3,(H,26,28)/t21-/m1/s1. The van der Waals surface area contributed by atoms with E-state index in [1.165, 1.54) is 16.5 Å². The Hall–Kier alpha value is -3.33. The maximum Gasteiger partial charge on any atom is 0.219 e. The molecule has 28 heavy (non-hydrogen) atoms. The molecule has 1 atom stereocenters. The summed E-state index contributed by atoms with van der Waals surface area (Å²) < 4.78 is 0. The fourth-order valence-corrected chi connectivity index (χ4v) is 3.77. The molecular weight excluding hydrogens is 344 g/mol. The number of aromatic amines is 1. The topological polar surface area (TPSA) is 44.9 Å². The van der Waals surface area contributed by atoms with E-state index in [-0.39, 0.29) is 11.8 Å². The van der Waals surface area contributed by atoms with Crippen molar-refractivity contribution in [2.45, 2.75) is 19.3 Å². The lowest BCUT2D eigenvalue weighted by molar-refractivity contribution is -0.120. The molecule has 1 heterocycles. The van der Waals surface area contributed by atoms with Crippen LogP contribution in [0.25, 0.3) is 22.2 Å². The van der Waals surface area contributed by atoms with E-state index in [0.29, 0.717) is 13.0 Å². The minimum atomic E-state index is 0.0584. The molecule has 3 nitrogen and oxygen atoms in total. The third kappa shape index (κ3) is 3.56. The highest BCUT2D eigenvalue weighted by molar-refractivity contribution is 5.92. The van der Waals surface area contributed by atoms with Crippen LogP contribution in [0.2, 0.25) is 0 Å². The molecule has 140 valence electrons. The average molecular weight is 368 g/mol. The van der Waals surface area contributed by atoms with E-state index in [4.69, 9.17) is 0 Å². The maximum atomic E-state index is 12.0. The van der Waals surface area contributed by atoms with Crippen LogP contribution in [0, 0.1) is 0 Å². The molecule has 0 aliphatic carbocycles. The number of carbonyl (C=O) groups is 1. The highest BCUT2D eigenvalue weighted by Gasteiger charge is 2.23. The van der Waals surface area contributed by atoms with Gasteiger partial charge in [-0.3, -0.25) is 4.79 Å². The first-order chi connectivity index (χ1) is 13.8. The largest absolute Gasteiger partial charge is 0.355 e. The molecule has 1 aromatic heterocycles. The minimum Gasteiger partial charge on any atom is -0.355 e. The van der Waals surface area contributed by atoms with Gasteiger partial charge in [-0.15, -0.1) is 0 Å². The van der Waals surface area contributed by atoms with E-state index >= 15 is 0 Å². The van der Waals surface area contributed by atoms with Gasteiger partial charge in [-0.25, -0.2) is 0 Å². The second-order valence-corrected chi connectivity index (χ2v) is 6.95. The molecule has 0 spiro atoms. The predicted molar refractivity (Wildman–Crippen MR) is 115 cm³/mol. The normalized spacial score (nSPS) is 12.0. The molecule has 3 heteroatoms. The second-order valence-electron chi connectivity index (χ2n) is 6.95. The van der Waals surface area contributed by atoms with Crippen molar-refractivity contribution in [1.29, 1.82) is 0 Å². The van der Waals surface area contributed by atoms with Crippen LogP contribution < -0.4 is 5.32 Å².